The monoisotopic (exact) mass is 1370 g/mol. The van der Waals surface area contributed by atoms with E-state index in [-0.39, 0.29) is 0 Å². The van der Waals surface area contributed by atoms with Crippen molar-refractivity contribution in [3.63, 3.8) is 0 Å². The van der Waals surface area contributed by atoms with Crippen molar-refractivity contribution < 1.29 is 0 Å². The second-order valence-corrected chi connectivity index (χ2v) is 28.9. The van der Waals surface area contributed by atoms with Gasteiger partial charge in [0, 0.05) is 77.2 Å². The van der Waals surface area contributed by atoms with Gasteiger partial charge in [0.1, 0.15) is 0 Å². The van der Waals surface area contributed by atoms with Gasteiger partial charge in [-0.2, -0.15) is 0 Å². The normalized spacial score (nSPS) is 12.1. The van der Waals surface area contributed by atoms with Gasteiger partial charge in [-0.1, -0.05) is 273 Å². The van der Waals surface area contributed by atoms with Gasteiger partial charge in [-0.15, -0.1) is 0 Å². The fourth-order valence-electron chi connectivity index (χ4n) is 18.7. The number of rotatable bonds is 11. The van der Waals surface area contributed by atoms with Crippen LogP contribution in [0.2, 0.25) is 0 Å². The summed E-state index contributed by atoms with van der Waals surface area (Å²) in [5.41, 5.74) is 35.8. The Labute approximate surface area is 624 Å². The van der Waals surface area contributed by atoms with Crippen LogP contribution in [0.1, 0.15) is 0 Å². The zero-order chi connectivity index (χ0) is 70.7. The molecule has 4 heteroatoms. The fraction of sp³-hybridized carbons (Fsp3) is 0. The first-order valence-corrected chi connectivity index (χ1v) is 37.4. The molecule has 0 aliphatic heterocycles. The third kappa shape index (κ3) is 8.92. The molecule has 3 aromatic heterocycles. The molecule has 500 valence electrons. The molecule has 0 atom stereocenters. The smallest absolute Gasteiger partial charge is 0.0554 e. The van der Waals surface area contributed by atoms with Crippen LogP contribution in [0.4, 0.5) is 17.1 Å². The molecule has 108 heavy (non-hydrogen) atoms. The number of fused-ring (bicyclic) bond motifs is 9. The summed E-state index contributed by atoms with van der Waals surface area (Å²) in [6.07, 6.45) is 0. The van der Waals surface area contributed by atoms with E-state index in [9.17, 15) is 0 Å². The molecular formula is C104H64N4. The van der Waals surface area contributed by atoms with Crippen LogP contribution >= 0.6 is 0 Å². The molecule has 0 amide bonds. The minimum atomic E-state index is 1.11. The molecule has 0 saturated carbocycles. The van der Waals surface area contributed by atoms with Crippen LogP contribution in [0.25, 0.3) is 204 Å². The van der Waals surface area contributed by atoms with Crippen LogP contribution in [-0.2, 0) is 0 Å². The molecule has 4 nitrogen and oxygen atoms in total. The van der Waals surface area contributed by atoms with E-state index in [0.29, 0.717) is 0 Å². The van der Waals surface area contributed by atoms with E-state index < -0.39 is 0 Å². The Morgan fingerprint density at radius 1 is 0.148 bits per heavy atom. The fourth-order valence-corrected chi connectivity index (χ4v) is 18.7. The highest BCUT2D eigenvalue weighted by molar-refractivity contribution is 6.34. The van der Waals surface area contributed by atoms with Crippen molar-refractivity contribution in [3.8, 4) is 117 Å². The molecule has 0 spiro atoms. The average Bonchev–Trinajstić information content (AvgIpc) is 1.56. The number of benzene rings is 18. The molecule has 23 rings (SSSR count). The van der Waals surface area contributed by atoms with Crippen molar-refractivity contribution in [1.29, 1.82) is 0 Å². The molecule has 0 radical (unpaired) electrons. The van der Waals surface area contributed by atoms with Gasteiger partial charge in [0.2, 0.25) is 0 Å². The molecule has 3 heterocycles. The summed E-state index contributed by atoms with van der Waals surface area (Å²) in [6.45, 7) is 0. The Hall–Kier alpha value is -14.3. The van der Waals surface area contributed by atoms with Gasteiger partial charge in [-0.25, -0.2) is 0 Å². The summed E-state index contributed by atoms with van der Waals surface area (Å²) >= 11 is 0. The number of para-hydroxylation sites is 3. The summed E-state index contributed by atoms with van der Waals surface area (Å²) < 4.78 is 7.48. The van der Waals surface area contributed by atoms with Crippen LogP contribution in [0.15, 0.2) is 388 Å². The molecule has 21 aromatic rings. The van der Waals surface area contributed by atoms with Crippen molar-refractivity contribution >= 4 is 104 Å². The van der Waals surface area contributed by atoms with Gasteiger partial charge in [-0.3, -0.25) is 0 Å². The minimum absolute atomic E-state index is 1.11. The van der Waals surface area contributed by atoms with Crippen molar-refractivity contribution in [2.75, 3.05) is 4.90 Å². The van der Waals surface area contributed by atoms with Crippen LogP contribution in [0, 0.1) is 0 Å². The van der Waals surface area contributed by atoms with Crippen molar-refractivity contribution in [1.82, 2.24) is 13.7 Å². The predicted molar refractivity (Wildman–Crippen MR) is 455 cm³/mol. The summed E-state index contributed by atoms with van der Waals surface area (Å²) in [7, 11) is 0. The predicted octanol–water partition coefficient (Wildman–Crippen LogP) is 28.4. The number of anilines is 3. The SMILES string of the molecule is c1ccc(-c2cc3c4c5c(cccc25)-c2ccccc2-c2cccc(c24)n3-c2ccc(-c3ccc(-n4c5ccccc5c5c(-c6ccc7c(c6)-c6cccc8c(-c9ccccc9)cc9c(c68)c6c-7cccc6n9-c6ccc(-c7ccc(N(c8ccccc8)c8ccccc8)cc7)cc6)cccc54)cc3)cc2)cc1. The number of hydrogen-bond acceptors (Lipinski definition) is 1. The van der Waals surface area contributed by atoms with Crippen molar-refractivity contribution in [2.24, 2.45) is 0 Å². The average molecular weight is 1370 g/mol. The van der Waals surface area contributed by atoms with Gasteiger partial charge >= 0.3 is 0 Å². The van der Waals surface area contributed by atoms with E-state index in [1.54, 1.807) is 0 Å². The third-order valence-electron chi connectivity index (χ3n) is 23.3. The largest absolute Gasteiger partial charge is 0.311 e. The second-order valence-electron chi connectivity index (χ2n) is 28.9. The quantitative estimate of drug-likeness (QED) is 0.126. The molecule has 0 N–H and O–H groups in total. The van der Waals surface area contributed by atoms with Crippen molar-refractivity contribution in [3.05, 3.63) is 388 Å². The van der Waals surface area contributed by atoms with Crippen molar-refractivity contribution in [2.45, 2.75) is 0 Å². The molecule has 0 fully saturated rings. The highest BCUT2D eigenvalue weighted by atomic mass is 15.1. The zero-order valence-electron chi connectivity index (χ0n) is 58.7. The van der Waals surface area contributed by atoms with Gasteiger partial charge in [-0.05, 0) is 226 Å². The van der Waals surface area contributed by atoms with E-state index in [4.69, 9.17) is 0 Å². The Morgan fingerprint density at radius 3 is 0.954 bits per heavy atom. The maximum absolute atomic E-state index is 2.51. The minimum Gasteiger partial charge on any atom is -0.311 e. The van der Waals surface area contributed by atoms with Crippen LogP contribution in [0.5, 0.6) is 0 Å². The maximum Gasteiger partial charge on any atom is 0.0554 e. The highest BCUT2D eigenvalue weighted by Gasteiger charge is 2.30. The standard InChI is InChI=1S/C104H64N4/c1-5-22-69(23-6-1)89-63-96-103-99-82(34-17-35-85(89)99)79-30-13-14-31-80(79)83-38-20-42-94(101(83)103)107(96)76-59-50-68(51-60-76)66-46-55-75(56-47-66)106-92-40-16-15-32-88(92)98-78(33-19-41-93(98)106)71-52-61-81-84-39-21-43-95-102(84)104-97(64-90(70-24-7-2-8-25-70)86-36-18-37-87(100(86)104)91(81)62-71)108(95)77-57-48-67(49-58-77)65-44-53-74(54-45-65)105(72-26-9-3-10-27-72)73-28-11-4-12-29-73/h1-64H. The summed E-state index contributed by atoms with van der Waals surface area (Å²) in [5.74, 6) is 0. The van der Waals surface area contributed by atoms with E-state index in [0.717, 1.165) is 50.8 Å². The lowest BCUT2D eigenvalue weighted by atomic mass is 9.88. The summed E-state index contributed by atoms with van der Waals surface area (Å²) in [5, 5.41) is 12.7. The van der Waals surface area contributed by atoms with Crippen LogP contribution in [0.3, 0.4) is 0 Å². The Bertz CT molecular complexity index is 7230. The van der Waals surface area contributed by atoms with Gasteiger partial charge in [0.05, 0.1) is 33.1 Å². The Morgan fingerprint density at radius 2 is 0.472 bits per heavy atom. The van der Waals surface area contributed by atoms with Crippen LogP contribution < -0.4 is 4.90 Å². The van der Waals surface area contributed by atoms with E-state index in [1.165, 1.54) is 170 Å². The molecule has 0 saturated heterocycles. The van der Waals surface area contributed by atoms with E-state index in [2.05, 4.69) is 407 Å². The molecular weight excluding hydrogens is 1310 g/mol. The Balaban J connectivity index is 0.616. The molecule has 18 aromatic carbocycles. The van der Waals surface area contributed by atoms with E-state index in [1.807, 2.05) is 0 Å². The topological polar surface area (TPSA) is 18.0 Å². The zero-order valence-corrected chi connectivity index (χ0v) is 58.7. The van der Waals surface area contributed by atoms with Gasteiger partial charge in [0.15, 0.2) is 0 Å². The number of nitrogens with zero attached hydrogens (tertiary/aromatic N) is 4. The first-order chi connectivity index (χ1) is 53.6. The number of aromatic nitrogens is 3. The lowest BCUT2D eigenvalue weighted by Gasteiger charge is -2.25. The van der Waals surface area contributed by atoms with E-state index >= 15 is 0 Å². The molecule has 0 bridgehead atoms. The second kappa shape index (κ2) is 23.6. The summed E-state index contributed by atoms with van der Waals surface area (Å²) in [6, 6.07) is 144. The lowest BCUT2D eigenvalue weighted by Crippen LogP contribution is -2.09. The van der Waals surface area contributed by atoms with Crippen LogP contribution in [-0.4, -0.2) is 13.7 Å². The highest BCUT2D eigenvalue weighted by Crippen LogP contribution is 2.55. The maximum atomic E-state index is 2.51. The summed E-state index contributed by atoms with van der Waals surface area (Å²) in [4.78, 5) is 2.31. The molecule has 2 aliphatic carbocycles. The van der Waals surface area contributed by atoms with Gasteiger partial charge in [0.25, 0.3) is 0 Å². The first kappa shape index (κ1) is 60.1. The first-order valence-electron chi connectivity index (χ1n) is 37.4. The lowest BCUT2D eigenvalue weighted by molar-refractivity contribution is 1.18. The third-order valence-corrected chi connectivity index (χ3v) is 23.3. The Kier molecular flexibility index (Phi) is 13.1. The number of hydrogen-bond donors (Lipinski definition) is 0. The molecule has 2 aliphatic rings. The molecule has 0 unspecified atom stereocenters. The van der Waals surface area contributed by atoms with Gasteiger partial charge < -0.3 is 18.6 Å².